The van der Waals surface area contributed by atoms with E-state index in [1.54, 1.807) is 13.2 Å². The van der Waals surface area contributed by atoms with Crippen LogP contribution in [0.25, 0.3) is 0 Å². The number of hydrogen-bond donors (Lipinski definition) is 1. The zero-order valence-electron chi connectivity index (χ0n) is 11.7. The van der Waals surface area contributed by atoms with Crippen LogP contribution in [0.15, 0.2) is 53.4 Å². The van der Waals surface area contributed by atoms with Crippen LogP contribution in [0, 0.1) is 6.92 Å². The summed E-state index contributed by atoms with van der Waals surface area (Å²) in [6.45, 7) is 2.02. The molecule has 4 heteroatoms. The number of hydrogen-bond acceptors (Lipinski definition) is 3. The van der Waals surface area contributed by atoms with E-state index in [-0.39, 0.29) is 6.04 Å². The van der Waals surface area contributed by atoms with Crippen molar-refractivity contribution in [1.82, 2.24) is 0 Å². The highest BCUT2D eigenvalue weighted by Crippen LogP contribution is 2.20. The van der Waals surface area contributed by atoms with Crippen LogP contribution in [0.5, 0.6) is 5.75 Å². The summed E-state index contributed by atoms with van der Waals surface area (Å²) < 4.78 is 17.5. The zero-order chi connectivity index (χ0) is 14.5. The minimum atomic E-state index is -1.14. The van der Waals surface area contributed by atoms with Crippen molar-refractivity contribution in [2.45, 2.75) is 17.9 Å². The molecule has 0 saturated carbocycles. The number of rotatable bonds is 5. The van der Waals surface area contributed by atoms with E-state index in [1.165, 1.54) is 0 Å². The minimum Gasteiger partial charge on any atom is -0.497 e. The number of ether oxygens (including phenoxy) is 1. The highest BCUT2D eigenvalue weighted by Gasteiger charge is 2.14. The van der Waals surface area contributed by atoms with E-state index < -0.39 is 10.8 Å². The van der Waals surface area contributed by atoms with Gasteiger partial charge in [-0.2, -0.15) is 0 Å². The number of methoxy groups -OCH3 is 1. The molecule has 2 unspecified atom stereocenters. The maximum atomic E-state index is 12.4. The molecule has 0 bridgehead atoms. The SMILES string of the molecule is COc1cccc(S(=O)CC(N)c2ccccc2C)c1. The second kappa shape index (κ2) is 6.68. The molecule has 0 amide bonds. The molecule has 2 atom stereocenters. The smallest absolute Gasteiger partial charge is 0.120 e. The van der Waals surface area contributed by atoms with Gasteiger partial charge in [0.05, 0.1) is 17.9 Å². The fourth-order valence-electron chi connectivity index (χ4n) is 2.09. The molecule has 2 rings (SSSR count). The molecular weight excluding hydrogens is 270 g/mol. The zero-order valence-corrected chi connectivity index (χ0v) is 12.5. The van der Waals surface area contributed by atoms with Crippen LogP contribution < -0.4 is 10.5 Å². The normalized spacial score (nSPS) is 13.8. The Labute approximate surface area is 122 Å². The van der Waals surface area contributed by atoms with Gasteiger partial charge >= 0.3 is 0 Å². The van der Waals surface area contributed by atoms with Gasteiger partial charge in [-0.25, -0.2) is 0 Å². The Bertz CT molecular complexity index is 613. The van der Waals surface area contributed by atoms with Crippen LogP contribution in [0.3, 0.4) is 0 Å². The number of aryl methyl sites for hydroxylation is 1. The lowest BCUT2D eigenvalue weighted by atomic mass is 10.0. The largest absolute Gasteiger partial charge is 0.497 e. The number of nitrogens with two attached hydrogens (primary N) is 1. The van der Waals surface area contributed by atoms with E-state index in [0.717, 1.165) is 16.0 Å². The average molecular weight is 289 g/mol. The molecule has 0 aliphatic rings. The van der Waals surface area contributed by atoms with Gasteiger partial charge in [-0.05, 0) is 36.2 Å². The second-order valence-corrected chi connectivity index (χ2v) is 6.15. The van der Waals surface area contributed by atoms with E-state index in [2.05, 4.69) is 0 Å². The Hall–Kier alpha value is -1.65. The van der Waals surface area contributed by atoms with Crippen molar-refractivity contribution in [3.8, 4) is 5.75 Å². The molecule has 0 radical (unpaired) electrons. The van der Waals surface area contributed by atoms with Crippen LogP contribution in [-0.2, 0) is 10.8 Å². The van der Waals surface area contributed by atoms with Crippen LogP contribution in [0.4, 0.5) is 0 Å². The lowest BCUT2D eigenvalue weighted by Crippen LogP contribution is -2.19. The van der Waals surface area contributed by atoms with E-state index in [9.17, 15) is 4.21 Å². The van der Waals surface area contributed by atoms with Crippen molar-refractivity contribution in [3.63, 3.8) is 0 Å². The molecule has 0 aliphatic heterocycles. The van der Waals surface area contributed by atoms with E-state index in [1.807, 2.05) is 49.4 Å². The van der Waals surface area contributed by atoms with Crippen molar-refractivity contribution in [3.05, 3.63) is 59.7 Å². The molecule has 0 aromatic heterocycles. The summed E-state index contributed by atoms with van der Waals surface area (Å²) >= 11 is 0. The van der Waals surface area contributed by atoms with Crippen LogP contribution in [-0.4, -0.2) is 17.1 Å². The highest BCUT2D eigenvalue weighted by atomic mass is 32.2. The molecule has 0 spiro atoms. The third-order valence-electron chi connectivity index (χ3n) is 3.22. The first-order chi connectivity index (χ1) is 9.61. The van der Waals surface area contributed by atoms with Crippen molar-refractivity contribution in [2.24, 2.45) is 5.73 Å². The van der Waals surface area contributed by atoms with Gasteiger partial charge in [0.15, 0.2) is 0 Å². The standard InChI is InChI=1S/C16H19NO2S/c1-12-6-3-4-9-15(12)16(17)11-20(18)14-8-5-7-13(10-14)19-2/h3-10,16H,11,17H2,1-2H3. The molecule has 0 heterocycles. The van der Waals surface area contributed by atoms with E-state index >= 15 is 0 Å². The maximum absolute atomic E-state index is 12.4. The molecule has 0 aliphatic carbocycles. The third-order valence-corrected chi connectivity index (χ3v) is 4.66. The van der Waals surface area contributed by atoms with Gasteiger partial charge in [0.2, 0.25) is 0 Å². The van der Waals surface area contributed by atoms with Gasteiger partial charge in [-0.3, -0.25) is 4.21 Å². The molecule has 3 nitrogen and oxygen atoms in total. The lowest BCUT2D eigenvalue weighted by molar-refractivity contribution is 0.413. The first-order valence-electron chi connectivity index (χ1n) is 6.45. The predicted octanol–water partition coefficient (Wildman–Crippen LogP) is 2.81. The summed E-state index contributed by atoms with van der Waals surface area (Å²) in [5, 5.41) is 0. The summed E-state index contributed by atoms with van der Waals surface area (Å²) in [6.07, 6.45) is 0. The van der Waals surface area contributed by atoms with Crippen molar-refractivity contribution < 1.29 is 8.95 Å². The van der Waals surface area contributed by atoms with Gasteiger partial charge in [-0.1, -0.05) is 30.3 Å². The predicted molar refractivity (Wildman–Crippen MR) is 82.4 cm³/mol. The minimum absolute atomic E-state index is 0.233. The monoisotopic (exact) mass is 289 g/mol. The Morgan fingerprint density at radius 3 is 2.65 bits per heavy atom. The fraction of sp³-hybridized carbons (Fsp3) is 0.250. The Balaban J connectivity index is 2.13. The van der Waals surface area contributed by atoms with Crippen LogP contribution >= 0.6 is 0 Å². The Morgan fingerprint density at radius 1 is 1.20 bits per heavy atom. The highest BCUT2D eigenvalue weighted by molar-refractivity contribution is 7.85. The summed E-state index contributed by atoms with van der Waals surface area (Å²) in [5.41, 5.74) is 8.35. The lowest BCUT2D eigenvalue weighted by Gasteiger charge is -2.14. The van der Waals surface area contributed by atoms with Gasteiger partial charge in [-0.15, -0.1) is 0 Å². The molecule has 106 valence electrons. The first-order valence-corrected chi connectivity index (χ1v) is 7.77. The summed E-state index contributed by atoms with van der Waals surface area (Å²) in [4.78, 5) is 0.744. The molecular formula is C16H19NO2S. The van der Waals surface area contributed by atoms with Crippen molar-refractivity contribution in [2.75, 3.05) is 12.9 Å². The van der Waals surface area contributed by atoms with Gasteiger partial charge < -0.3 is 10.5 Å². The fourth-order valence-corrected chi connectivity index (χ4v) is 3.27. The average Bonchev–Trinajstić information content (AvgIpc) is 2.47. The van der Waals surface area contributed by atoms with E-state index in [4.69, 9.17) is 10.5 Å². The summed E-state index contributed by atoms with van der Waals surface area (Å²) in [5.74, 6) is 1.11. The molecule has 0 fully saturated rings. The van der Waals surface area contributed by atoms with Gasteiger partial charge in [0.1, 0.15) is 5.75 Å². The first kappa shape index (κ1) is 14.8. The summed E-state index contributed by atoms with van der Waals surface area (Å²) in [7, 11) is 0.459. The second-order valence-electron chi connectivity index (χ2n) is 4.65. The quantitative estimate of drug-likeness (QED) is 0.921. The molecule has 0 saturated heterocycles. The molecule has 20 heavy (non-hydrogen) atoms. The van der Waals surface area contributed by atoms with E-state index in [0.29, 0.717) is 11.5 Å². The van der Waals surface area contributed by atoms with Crippen LogP contribution in [0.1, 0.15) is 17.2 Å². The Kier molecular flexibility index (Phi) is 4.93. The van der Waals surface area contributed by atoms with Gasteiger partial charge in [0, 0.05) is 16.7 Å². The topological polar surface area (TPSA) is 52.3 Å². The van der Waals surface area contributed by atoms with Gasteiger partial charge in [0.25, 0.3) is 0 Å². The number of benzene rings is 2. The van der Waals surface area contributed by atoms with Crippen molar-refractivity contribution in [1.29, 1.82) is 0 Å². The molecule has 2 aromatic carbocycles. The maximum Gasteiger partial charge on any atom is 0.120 e. The van der Waals surface area contributed by atoms with Crippen LogP contribution in [0.2, 0.25) is 0 Å². The Morgan fingerprint density at radius 2 is 1.95 bits per heavy atom. The third kappa shape index (κ3) is 3.46. The van der Waals surface area contributed by atoms with Crippen molar-refractivity contribution >= 4 is 10.8 Å². The molecule has 2 aromatic rings. The molecule has 2 N–H and O–H groups in total. The summed E-state index contributed by atoms with van der Waals surface area (Å²) in [6, 6.07) is 15.0.